The van der Waals surface area contributed by atoms with Gasteiger partial charge in [-0.3, -0.25) is 15.0 Å². The van der Waals surface area contributed by atoms with Crippen LogP contribution in [0.3, 0.4) is 0 Å². The molecule has 0 saturated heterocycles. The summed E-state index contributed by atoms with van der Waals surface area (Å²) in [6, 6.07) is 11.0. The normalized spacial score (nSPS) is 18.5. The van der Waals surface area contributed by atoms with Crippen LogP contribution in [0.15, 0.2) is 65.0 Å². The van der Waals surface area contributed by atoms with Crippen LogP contribution in [0.25, 0.3) is 0 Å². The number of amides is 1. The third-order valence-electron chi connectivity index (χ3n) is 7.48. The molecular formula is C30H34N4O8. The molecule has 1 amide bonds. The molecule has 0 radical (unpaired) electrons. The quantitative estimate of drug-likeness (QED) is 0.293. The number of nitrogens with one attached hydrogen (secondary N) is 1. The first-order chi connectivity index (χ1) is 19.9. The fourth-order valence-electron chi connectivity index (χ4n) is 5.32. The summed E-state index contributed by atoms with van der Waals surface area (Å²) < 4.78 is 16.3. The van der Waals surface area contributed by atoms with E-state index in [9.17, 15) is 24.5 Å². The number of esters is 2. The summed E-state index contributed by atoms with van der Waals surface area (Å²) in [4.78, 5) is 53.1. The lowest BCUT2D eigenvalue weighted by atomic mass is 9.80. The minimum atomic E-state index is -0.948. The second-order valence-electron chi connectivity index (χ2n) is 10.4. The first kappa shape index (κ1) is 30.3. The van der Waals surface area contributed by atoms with E-state index < -0.39 is 28.9 Å². The number of nitro benzene ring substituents is 1. The smallest absolute Gasteiger partial charge is 0.414 e. The van der Waals surface area contributed by atoms with Crippen molar-refractivity contribution in [2.75, 3.05) is 41.4 Å². The monoisotopic (exact) mass is 578 g/mol. The van der Waals surface area contributed by atoms with E-state index in [4.69, 9.17) is 14.2 Å². The molecule has 0 aromatic heterocycles. The summed E-state index contributed by atoms with van der Waals surface area (Å²) >= 11 is 0. The van der Waals surface area contributed by atoms with Gasteiger partial charge in [-0.1, -0.05) is 18.2 Å². The third-order valence-corrected chi connectivity index (χ3v) is 7.48. The Balaban J connectivity index is 1.63. The van der Waals surface area contributed by atoms with Gasteiger partial charge in [0.1, 0.15) is 12.4 Å². The Morgan fingerprint density at radius 3 is 2.40 bits per heavy atom. The van der Waals surface area contributed by atoms with E-state index in [1.54, 1.807) is 40.1 Å². The molecule has 2 aliphatic heterocycles. The molecule has 12 nitrogen and oxygen atoms in total. The van der Waals surface area contributed by atoms with Crippen LogP contribution in [-0.4, -0.2) is 74.2 Å². The SMILES string of the molecule is COC(=O)C1=C(C)NC(C)=C(C(=O)OCC2c3ccc(OC(=O)N(C)C)cc3CCN2C)C1c1cccc([N+](=O)[O-])c1. The number of nitrogens with zero attached hydrogens (tertiary/aromatic N) is 3. The van der Waals surface area contributed by atoms with Crippen LogP contribution in [0.1, 0.15) is 42.5 Å². The van der Waals surface area contributed by atoms with Crippen LogP contribution < -0.4 is 10.1 Å². The predicted molar refractivity (Wildman–Crippen MR) is 153 cm³/mol. The van der Waals surface area contributed by atoms with Gasteiger partial charge in [0.25, 0.3) is 5.69 Å². The highest BCUT2D eigenvalue weighted by atomic mass is 16.6. The molecule has 0 saturated carbocycles. The molecule has 222 valence electrons. The molecular weight excluding hydrogens is 544 g/mol. The lowest BCUT2D eigenvalue weighted by Crippen LogP contribution is -2.37. The lowest BCUT2D eigenvalue weighted by molar-refractivity contribution is -0.384. The minimum Gasteiger partial charge on any atom is -0.466 e. The number of methoxy groups -OCH3 is 1. The number of dihydropyridines is 1. The molecule has 4 rings (SSSR count). The Morgan fingerprint density at radius 2 is 1.76 bits per heavy atom. The molecule has 2 aromatic rings. The molecule has 0 bridgehead atoms. The maximum atomic E-state index is 13.8. The van der Waals surface area contributed by atoms with Crippen molar-refractivity contribution in [1.29, 1.82) is 0 Å². The van der Waals surface area contributed by atoms with Crippen LogP contribution in [0.2, 0.25) is 0 Å². The molecule has 0 fully saturated rings. The maximum Gasteiger partial charge on any atom is 0.414 e. The van der Waals surface area contributed by atoms with Crippen molar-refractivity contribution in [2.45, 2.75) is 32.2 Å². The number of allylic oxidation sites excluding steroid dienone is 2. The molecule has 2 unspecified atom stereocenters. The van der Waals surface area contributed by atoms with Crippen LogP contribution in [-0.2, 0) is 25.5 Å². The van der Waals surface area contributed by atoms with Crippen molar-refractivity contribution >= 4 is 23.7 Å². The number of non-ortho nitro benzene ring substituents is 1. The van der Waals surface area contributed by atoms with E-state index >= 15 is 0 Å². The summed E-state index contributed by atoms with van der Waals surface area (Å²) in [7, 11) is 6.38. The summed E-state index contributed by atoms with van der Waals surface area (Å²) in [5.41, 5.74) is 3.39. The number of ether oxygens (including phenoxy) is 3. The highest BCUT2D eigenvalue weighted by Crippen LogP contribution is 2.40. The van der Waals surface area contributed by atoms with Crippen molar-refractivity contribution in [3.63, 3.8) is 0 Å². The lowest BCUT2D eigenvalue weighted by Gasteiger charge is -2.35. The molecule has 2 aromatic carbocycles. The first-order valence-corrected chi connectivity index (χ1v) is 13.3. The van der Waals surface area contributed by atoms with E-state index in [0.29, 0.717) is 29.3 Å². The molecule has 12 heteroatoms. The number of likely N-dealkylation sites (N-methyl/N-ethyl adjacent to an activating group) is 1. The predicted octanol–water partition coefficient (Wildman–Crippen LogP) is 3.84. The van der Waals surface area contributed by atoms with E-state index in [1.165, 1.54) is 30.2 Å². The van der Waals surface area contributed by atoms with E-state index in [2.05, 4.69) is 10.2 Å². The average Bonchev–Trinajstić information content (AvgIpc) is 2.95. The topological polar surface area (TPSA) is 141 Å². The second kappa shape index (κ2) is 12.4. The summed E-state index contributed by atoms with van der Waals surface area (Å²) in [5, 5.41) is 14.6. The van der Waals surface area contributed by atoms with Gasteiger partial charge in [0, 0.05) is 44.2 Å². The Bertz CT molecular complexity index is 1500. The summed E-state index contributed by atoms with van der Waals surface area (Å²) in [6.07, 6.45) is 0.242. The zero-order valence-corrected chi connectivity index (χ0v) is 24.4. The number of fused-ring (bicyclic) bond motifs is 1. The largest absolute Gasteiger partial charge is 0.466 e. The van der Waals surface area contributed by atoms with Gasteiger partial charge in [-0.05, 0) is 56.1 Å². The Hall–Kier alpha value is -4.71. The van der Waals surface area contributed by atoms with Crippen molar-refractivity contribution < 1.29 is 33.5 Å². The van der Waals surface area contributed by atoms with Crippen molar-refractivity contribution in [2.24, 2.45) is 0 Å². The van der Waals surface area contributed by atoms with Crippen molar-refractivity contribution in [3.05, 3.63) is 91.8 Å². The van der Waals surface area contributed by atoms with Crippen LogP contribution in [0, 0.1) is 10.1 Å². The van der Waals surface area contributed by atoms with Gasteiger partial charge in [0.2, 0.25) is 0 Å². The number of carbonyl (C=O) groups excluding carboxylic acids is 3. The zero-order chi connectivity index (χ0) is 30.7. The Labute approximate surface area is 243 Å². The fraction of sp³-hybridized carbons (Fsp3) is 0.367. The number of carbonyl (C=O) groups is 3. The van der Waals surface area contributed by atoms with Crippen LogP contribution in [0.5, 0.6) is 5.75 Å². The molecule has 0 spiro atoms. The zero-order valence-electron chi connectivity index (χ0n) is 24.4. The number of rotatable bonds is 7. The van der Waals surface area contributed by atoms with Gasteiger partial charge in [-0.2, -0.15) is 0 Å². The highest BCUT2D eigenvalue weighted by Gasteiger charge is 2.39. The van der Waals surface area contributed by atoms with Gasteiger partial charge in [-0.15, -0.1) is 0 Å². The minimum absolute atomic E-state index is 0.00779. The first-order valence-electron chi connectivity index (χ1n) is 13.3. The van der Waals surface area contributed by atoms with Gasteiger partial charge >= 0.3 is 18.0 Å². The van der Waals surface area contributed by atoms with Gasteiger partial charge in [-0.25, -0.2) is 14.4 Å². The molecule has 2 aliphatic rings. The van der Waals surface area contributed by atoms with Crippen LogP contribution in [0.4, 0.5) is 10.5 Å². The number of benzene rings is 2. The average molecular weight is 579 g/mol. The van der Waals surface area contributed by atoms with Crippen molar-refractivity contribution in [3.8, 4) is 5.75 Å². The van der Waals surface area contributed by atoms with E-state index in [0.717, 1.165) is 17.5 Å². The van der Waals surface area contributed by atoms with E-state index in [-0.39, 0.29) is 29.5 Å². The van der Waals surface area contributed by atoms with E-state index in [1.807, 2.05) is 19.2 Å². The number of hydrogen-bond acceptors (Lipinski definition) is 10. The summed E-state index contributed by atoms with van der Waals surface area (Å²) in [6.45, 7) is 4.07. The molecule has 2 heterocycles. The molecule has 2 atom stereocenters. The number of nitro groups is 1. The number of hydrogen-bond donors (Lipinski definition) is 1. The standard InChI is InChI=1S/C30H34N4O8/c1-17-25(28(35)40-6)27(20-8-7-9-21(14-20)34(38)39)26(18(2)31-17)29(36)41-16-24-23-11-10-22(42-30(37)32(3)4)15-19(23)12-13-33(24)5/h7-11,14-15,24,27,31H,12-13,16H2,1-6H3. The highest BCUT2D eigenvalue weighted by molar-refractivity contribution is 6.00. The Morgan fingerprint density at radius 1 is 1.07 bits per heavy atom. The van der Waals surface area contributed by atoms with Gasteiger partial charge in [0.15, 0.2) is 0 Å². The van der Waals surface area contributed by atoms with Crippen LogP contribution >= 0.6 is 0 Å². The van der Waals surface area contributed by atoms with Gasteiger partial charge in [0.05, 0.1) is 35.1 Å². The molecule has 0 aliphatic carbocycles. The van der Waals surface area contributed by atoms with Gasteiger partial charge < -0.3 is 24.4 Å². The molecule has 1 N–H and O–H groups in total. The maximum absolute atomic E-state index is 13.8. The molecule has 42 heavy (non-hydrogen) atoms. The third kappa shape index (κ3) is 6.13. The summed E-state index contributed by atoms with van der Waals surface area (Å²) in [5.74, 6) is -1.85. The Kier molecular flexibility index (Phi) is 8.96. The van der Waals surface area contributed by atoms with Crippen molar-refractivity contribution in [1.82, 2.24) is 15.1 Å². The second-order valence-corrected chi connectivity index (χ2v) is 10.4. The fourth-order valence-corrected chi connectivity index (χ4v) is 5.32.